The maximum Gasteiger partial charge on any atom is 0.235 e. The van der Waals surface area contributed by atoms with Gasteiger partial charge in [-0.05, 0) is 31.0 Å². The molecule has 0 spiro atoms. The van der Waals surface area contributed by atoms with Crippen molar-refractivity contribution in [1.29, 1.82) is 0 Å². The number of halogens is 1. The number of hydrogen-bond acceptors (Lipinski definition) is 2. The lowest BCUT2D eigenvalue weighted by Crippen LogP contribution is -2.36. The molecule has 100 valence electrons. The molecular weight excluding hydrogens is 253 g/mol. The lowest BCUT2D eigenvalue weighted by Gasteiger charge is -2.11. The maximum atomic E-state index is 12.7. The number of benzene rings is 1. The summed E-state index contributed by atoms with van der Waals surface area (Å²) in [6.45, 7) is 4.20. The molecule has 0 radical (unpaired) electrons. The van der Waals surface area contributed by atoms with E-state index in [4.69, 9.17) is 0 Å². The van der Waals surface area contributed by atoms with Crippen molar-refractivity contribution < 1.29 is 13.4 Å². The summed E-state index contributed by atoms with van der Waals surface area (Å²) in [5.41, 5.74) is 0.768. The highest BCUT2D eigenvalue weighted by Gasteiger charge is 2.19. The average molecular weight is 271 g/mol. The van der Waals surface area contributed by atoms with Crippen molar-refractivity contribution in [2.75, 3.05) is 6.54 Å². The van der Waals surface area contributed by atoms with Crippen LogP contribution in [0.15, 0.2) is 24.3 Å². The van der Waals surface area contributed by atoms with E-state index in [1.165, 1.54) is 12.1 Å². The van der Waals surface area contributed by atoms with E-state index in [1.54, 1.807) is 19.1 Å². The molecule has 1 amide bonds. The van der Waals surface area contributed by atoms with E-state index in [0.717, 1.165) is 12.0 Å². The summed E-state index contributed by atoms with van der Waals surface area (Å²) in [6.07, 6.45) is 0.850. The van der Waals surface area contributed by atoms with Crippen LogP contribution in [0.25, 0.3) is 0 Å². The van der Waals surface area contributed by atoms with Gasteiger partial charge in [0.15, 0.2) is 0 Å². The first-order chi connectivity index (χ1) is 8.54. The van der Waals surface area contributed by atoms with Crippen molar-refractivity contribution in [3.8, 4) is 0 Å². The molecule has 0 aliphatic carbocycles. The van der Waals surface area contributed by atoms with E-state index in [0.29, 0.717) is 6.54 Å². The lowest BCUT2D eigenvalue weighted by atomic mass is 10.2. The second-order valence-corrected chi connectivity index (χ2v) is 5.84. The minimum absolute atomic E-state index is 0.197. The molecule has 0 saturated heterocycles. The van der Waals surface area contributed by atoms with Crippen LogP contribution in [0.2, 0.25) is 0 Å². The minimum Gasteiger partial charge on any atom is -0.355 e. The van der Waals surface area contributed by atoms with Gasteiger partial charge in [0.2, 0.25) is 5.91 Å². The number of rotatable bonds is 6. The Kier molecular flexibility index (Phi) is 5.98. The van der Waals surface area contributed by atoms with Gasteiger partial charge >= 0.3 is 0 Å². The van der Waals surface area contributed by atoms with Crippen LogP contribution >= 0.6 is 0 Å². The summed E-state index contributed by atoms with van der Waals surface area (Å²) in [4.78, 5) is 11.6. The van der Waals surface area contributed by atoms with E-state index in [9.17, 15) is 13.4 Å². The van der Waals surface area contributed by atoms with Crippen LogP contribution in [0, 0.1) is 5.82 Å². The molecule has 18 heavy (non-hydrogen) atoms. The quantitative estimate of drug-likeness (QED) is 0.860. The van der Waals surface area contributed by atoms with Crippen molar-refractivity contribution >= 4 is 16.7 Å². The van der Waals surface area contributed by atoms with E-state index >= 15 is 0 Å². The summed E-state index contributed by atoms with van der Waals surface area (Å²) in [6, 6.07) is 5.83. The largest absolute Gasteiger partial charge is 0.355 e. The fourth-order valence-electron chi connectivity index (χ4n) is 1.38. The number of hydrogen-bond donors (Lipinski definition) is 1. The van der Waals surface area contributed by atoms with Gasteiger partial charge in [-0.3, -0.25) is 9.00 Å². The Balaban J connectivity index is 2.54. The highest BCUT2D eigenvalue weighted by Crippen LogP contribution is 2.09. The third-order valence-corrected chi connectivity index (χ3v) is 4.16. The zero-order chi connectivity index (χ0) is 13.5. The first-order valence-corrected chi connectivity index (χ1v) is 7.32. The first-order valence-electron chi connectivity index (χ1n) is 5.94. The van der Waals surface area contributed by atoms with Crippen LogP contribution < -0.4 is 5.32 Å². The predicted molar refractivity (Wildman–Crippen MR) is 71.0 cm³/mol. The van der Waals surface area contributed by atoms with E-state index < -0.39 is 16.0 Å². The average Bonchev–Trinajstić information content (AvgIpc) is 2.37. The standard InChI is InChI=1S/C13H18FNO2S/c1-3-8-15-13(16)10(2)18(17)9-11-4-6-12(14)7-5-11/h4-7,10H,3,8-9H2,1-2H3,(H,15,16). The smallest absolute Gasteiger partial charge is 0.235 e. The van der Waals surface area contributed by atoms with Crippen molar-refractivity contribution in [3.05, 3.63) is 35.6 Å². The summed E-state index contributed by atoms with van der Waals surface area (Å²) in [7, 11) is -1.29. The monoisotopic (exact) mass is 271 g/mol. The molecule has 0 aliphatic rings. The van der Waals surface area contributed by atoms with Gasteiger partial charge < -0.3 is 5.32 Å². The fourth-order valence-corrected chi connectivity index (χ4v) is 2.47. The van der Waals surface area contributed by atoms with Gasteiger partial charge in [0.25, 0.3) is 0 Å². The molecule has 3 nitrogen and oxygen atoms in total. The molecule has 0 heterocycles. The van der Waals surface area contributed by atoms with E-state index in [1.807, 2.05) is 6.92 Å². The predicted octanol–water partition coefficient (Wildman–Crippen LogP) is 1.99. The van der Waals surface area contributed by atoms with Crippen molar-refractivity contribution in [2.45, 2.75) is 31.3 Å². The maximum absolute atomic E-state index is 12.7. The normalized spacial score (nSPS) is 13.9. The SMILES string of the molecule is CCCNC(=O)C(C)S(=O)Cc1ccc(F)cc1. The fraction of sp³-hybridized carbons (Fsp3) is 0.462. The van der Waals surface area contributed by atoms with Gasteiger partial charge in [-0.25, -0.2) is 4.39 Å². The van der Waals surface area contributed by atoms with Crippen molar-refractivity contribution in [3.63, 3.8) is 0 Å². The van der Waals surface area contributed by atoms with Crippen LogP contribution in [0.4, 0.5) is 4.39 Å². The molecule has 1 aromatic rings. The van der Waals surface area contributed by atoms with Crippen LogP contribution in [0.3, 0.4) is 0 Å². The van der Waals surface area contributed by atoms with E-state index in [2.05, 4.69) is 5.32 Å². The van der Waals surface area contributed by atoms with Gasteiger partial charge in [-0.1, -0.05) is 19.1 Å². The summed E-state index contributed by atoms with van der Waals surface area (Å²) >= 11 is 0. The number of carbonyl (C=O) groups excluding carboxylic acids is 1. The Morgan fingerprint density at radius 2 is 2.00 bits per heavy atom. The third-order valence-electron chi connectivity index (χ3n) is 2.53. The Bertz CT molecular complexity index is 420. The molecule has 1 aromatic carbocycles. The van der Waals surface area contributed by atoms with Crippen molar-refractivity contribution in [1.82, 2.24) is 5.32 Å². The lowest BCUT2D eigenvalue weighted by molar-refractivity contribution is -0.120. The first kappa shape index (κ1) is 14.8. The molecule has 2 atom stereocenters. The highest BCUT2D eigenvalue weighted by molar-refractivity contribution is 7.85. The Hall–Kier alpha value is -1.23. The second-order valence-electron chi connectivity index (χ2n) is 4.08. The Morgan fingerprint density at radius 1 is 1.39 bits per heavy atom. The van der Waals surface area contributed by atoms with Crippen LogP contribution in [0.5, 0.6) is 0 Å². The molecule has 5 heteroatoms. The van der Waals surface area contributed by atoms with Crippen LogP contribution in [0.1, 0.15) is 25.8 Å². The van der Waals surface area contributed by atoms with Gasteiger partial charge in [0.1, 0.15) is 11.1 Å². The molecular formula is C13H18FNO2S. The number of carbonyl (C=O) groups is 1. The summed E-state index contributed by atoms with van der Waals surface area (Å²) < 4.78 is 24.7. The second kappa shape index (κ2) is 7.26. The Morgan fingerprint density at radius 3 is 2.56 bits per heavy atom. The van der Waals surface area contributed by atoms with Gasteiger partial charge in [0, 0.05) is 23.1 Å². The van der Waals surface area contributed by atoms with Crippen molar-refractivity contribution in [2.24, 2.45) is 0 Å². The zero-order valence-electron chi connectivity index (χ0n) is 10.6. The Labute approximate surface area is 109 Å². The summed E-state index contributed by atoms with van der Waals surface area (Å²) in [5, 5.41) is 2.16. The highest BCUT2D eigenvalue weighted by atomic mass is 32.2. The molecule has 0 aromatic heterocycles. The molecule has 0 fully saturated rings. The summed E-state index contributed by atoms with van der Waals surface area (Å²) in [5.74, 6) is -0.253. The molecule has 0 aliphatic heterocycles. The van der Waals surface area contributed by atoms with Gasteiger partial charge in [-0.15, -0.1) is 0 Å². The van der Waals surface area contributed by atoms with Gasteiger partial charge in [0.05, 0.1) is 0 Å². The molecule has 1 N–H and O–H groups in total. The molecule has 0 bridgehead atoms. The van der Waals surface area contributed by atoms with Crippen LogP contribution in [-0.2, 0) is 21.3 Å². The van der Waals surface area contributed by atoms with Crippen LogP contribution in [-0.4, -0.2) is 21.9 Å². The molecule has 0 saturated carbocycles. The number of nitrogens with one attached hydrogen (secondary N) is 1. The van der Waals surface area contributed by atoms with E-state index in [-0.39, 0.29) is 17.5 Å². The molecule has 1 rings (SSSR count). The zero-order valence-corrected chi connectivity index (χ0v) is 11.4. The number of amides is 1. The minimum atomic E-state index is -1.29. The third kappa shape index (κ3) is 4.56. The van der Waals surface area contributed by atoms with Gasteiger partial charge in [-0.2, -0.15) is 0 Å². The molecule has 2 unspecified atom stereocenters. The topological polar surface area (TPSA) is 46.2 Å².